The van der Waals surface area contributed by atoms with Crippen LogP contribution in [0.3, 0.4) is 0 Å². The van der Waals surface area contributed by atoms with Crippen molar-refractivity contribution >= 4 is 17.6 Å². The second-order valence-corrected chi connectivity index (χ2v) is 5.13. The fourth-order valence-corrected chi connectivity index (χ4v) is 2.40. The molecule has 1 aliphatic rings. The Labute approximate surface area is 118 Å². The van der Waals surface area contributed by atoms with Crippen LogP contribution in [-0.4, -0.2) is 36.4 Å². The second kappa shape index (κ2) is 6.36. The summed E-state index contributed by atoms with van der Waals surface area (Å²) in [5, 5.41) is 2.86. The normalized spacial score (nSPS) is 15.9. The number of carbonyl (C=O) groups is 2. The molecule has 0 bridgehead atoms. The summed E-state index contributed by atoms with van der Waals surface area (Å²) in [5.74, 6) is 0.881. The van der Waals surface area contributed by atoms with E-state index < -0.39 is 5.91 Å². The summed E-state index contributed by atoms with van der Waals surface area (Å²) in [6.45, 7) is 4.02. The molecule has 0 aromatic carbocycles. The van der Waals surface area contributed by atoms with Gasteiger partial charge in [-0.2, -0.15) is 0 Å². The molecule has 108 valence electrons. The molecular formula is C14H20N4O2. The monoisotopic (exact) mass is 276 g/mol. The Bertz CT molecular complexity index is 496. The lowest BCUT2D eigenvalue weighted by Gasteiger charge is -2.32. The number of carbonyl (C=O) groups excluding carboxylic acids is 2. The quantitative estimate of drug-likeness (QED) is 0.839. The van der Waals surface area contributed by atoms with Crippen LogP contribution in [0.25, 0.3) is 0 Å². The first-order chi connectivity index (χ1) is 9.56. The molecule has 2 heterocycles. The standard InChI is InChI=1S/C14H20N4O2/c1-10(19)17-9-11-3-6-18(7-4-11)13-8-12(14(15)20)2-5-16-13/h2,5,8,11H,3-4,6-7,9H2,1H3,(H2,15,20)(H,17,19). The first-order valence-corrected chi connectivity index (χ1v) is 6.81. The number of hydrogen-bond acceptors (Lipinski definition) is 4. The highest BCUT2D eigenvalue weighted by Gasteiger charge is 2.20. The van der Waals surface area contributed by atoms with E-state index in [2.05, 4.69) is 15.2 Å². The van der Waals surface area contributed by atoms with Crippen LogP contribution in [0.15, 0.2) is 18.3 Å². The zero-order chi connectivity index (χ0) is 14.5. The molecule has 1 aromatic heterocycles. The lowest BCUT2D eigenvalue weighted by Crippen LogP contribution is -2.38. The third kappa shape index (κ3) is 3.69. The van der Waals surface area contributed by atoms with E-state index in [1.807, 2.05) is 0 Å². The zero-order valence-electron chi connectivity index (χ0n) is 11.6. The van der Waals surface area contributed by atoms with Crippen molar-refractivity contribution < 1.29 is 9.59 Å². The van der Waals surface area contributed by atoms with Gasteiger partial charge in [0.25, 0.3) is 0 Å². The van der Waals surface area contributed by atoms with E-state index in [-0.39, 0.29) is 5.91 Å². The zero-order valence-corrected chi connectivity index (χ0v) is 11.6. The Hall–Kier alpha value is -2.11. The highest BCUT2D eigenvalue weighted by Crippen LogP contribution is 2.21. The molecule has 0 saturated carbocycles. The van der Waals surface area contributed by atoms with Gasteiger partial charge in [-0.05, 0) is 30.9 Å². The molecule has 3 N–H and O–H groups in total. The molecule has 2 amide bonds. The van der Waals surface area contributed by atoms with Crippen molar-refractivity contribution in [2.75, 3.05) is 24.5 Å². The van der Waals surface area contributed by atoms with E-state index in [9.17, 15) is 9.59 Å². The molecule has 1 fully saturated rings. The van der Waals surface area contributed by atoms with Gasteiger partial charge in [-0.25, -0.2) is 4.98 Å². The van der Waals surface area contributed by atoms with Crippen LogP contribution in [0.2, 0.25) is 0 Å². The third-order valence-electron chi connectivity index (χ3n) is 3.61. The highest BCUT2D eigenvalue weighted by atomic mass is 16.1. The summed E-state index contributed by atoms with van der Waals surface area (Å²) in [6.07, 6.45) is 3.62. The van der Waals surface area contributed by atoms with Gasteiger partial charge in [-0.3, -0.25) is 9.59 Å². The summed E-state index contributed by atoms with van der Waals surface area (Å²) in [4.78, 5) is 28.5. The fraction of sp³-hybridized carbons (Fsp3) is 0.500. The minimum atomic E-state index is -0.436. The topological polar surface area (TPSA) is 88.3 Å². The van der Waals surface area contributed by atoms with E-state index in [1.165, 1.54) is 6.92 Å². The molecular weight excluding hydrogens is 256 g/mol. The molecule has 1 aliphatic heterocycles. The number of aromatic nitrogens is 1. The van der Waals surface area contributed by atoms with Crippen molar-refractivity contribution in [3.05, 3.63) is 23.9 Å². The van der Waals surface area contributed by atoms with Crippen LogP contribution in [0.4, 0.5) is 5.82 Å². The van der Waals surface area contributed by atoms with Gasteiger partial charge in [0.15, 0.2) is 0 Å². The third-order valence-corrected chi connectivity index (χ3v) is 3.61. The lowest BCUT2D eigenvalue weighted by molar-refractivity contribution is -0.119. The Morgan fingerprint density at radius 3 is 2.75 bits per heavy atom. The van der Waals surface area contributed by atoms with E-state index in [0.717, 1.165) is 38.3 Å². The minimum Gasteiger partial charge on any atom is -0.366 e. The number of amides is 2. The number of nitrogens with one attached hydrogen (secondary N) is 1. The molecule has 1 saturated heterocycles. The number of nitrogens with zero attached hydrogens (tertiary/aromatic N) is 2. The van der Waals surface area contributed by atoms with Crippen LogP contribution >= 0.6 is 0 Å². The SMILES string of the molecule is CC(=O)NCC1CCN(c2cc(C(N)=O)ccn2)CC1. The van der Waals surface area contributed by atoms with Crippen molar-refractivity contribution in [3.8, 4) is 0 Å². The summed E-state index contributed by atoms with van der Waals surface area (Å²) in [6, 6.07) is 3.35. The summed E-state index contributed by atoms with van der Waals surface area (Å²) >= 11 is 0. The number of hydrogen-bond donors (Lipinski definition) is 2. The van der Waals surface area contributed by atoms with Crippen LogP contribution in [-0.2, 0) is 4.79 Å². The molecule has 0 spiro atoms. The minimum absolute atomic E-state index is 0.0169. The van der Waals surface area contributed by atoms with Gasteiger partial charge < -0.3 is 16.0 Å². The number of anilines is 1. The van der Waals surface area contributed by atoms with E-state index in [0.29, 0.717) is 11.5 Å². The fourth-order valence-electron chi connectivity index (χ4n) is 2.40. The highest BCUT2D eigenvalue weighted by molar-refractivity contribution is 5.93. The van der Waals surface area contributed by atoms with E-state index in [1.54, 1.807) is 18.3 Å². The average Bonchev–Trinajstić information content (AvgIpc) is 2.46. The largest absolute Gasteiger partial charge is 0.366 e. The summed E-state index contributed by atoms with van der Waals surface area (Å²) < 4.78 is 0. The molecule has 6 nitrogen and oxygen atoms in total. The Morgan fingerprint density at radius 2 is 2.15 bits per heavy atom. The van der Waals surface area contributed by atoms with Crippen LogP contribution in [0.1, 0.15) is 30.1 Å². The lowest BCUT2D eigenvalue weighted by atomic mass is 9.96. The molecule has 2 rings (SSSR count). The van der Waals surface area contributed by atoms with Crippen molar-refractivity contribution in [3.63, 3.8) is 0 Å². The molecule has 0 radical (unpaired) electrons. The predicted molar refractivity (Wildman–Crippen MR) is 76.4 cm³/mol. The maximum absolute atomic E-state index is 11.2. The first kappa shape index (κ1) is 14.3. The average molecular weight is 276 g/mol. The van der Waals surface area contributed by atoms with Crippen molar-refractivity contribution in [1.29, 1.82) is 0 Å². The number of rotatable bonds is 4. The van der Waals surface area contributed by atoms with Crippen molar-refractivity contribution in [1.82, 2.24) is 10.3 Å². The number of primary amides is 1. The molecule has 0 unspecified atom stereocenters. The maximum Gasteiger partial charge on any atom is 0.248 e. The molecule has 0 atom stereocenters. The van der Waals surface area contributed by atoms with Gasteiger partial charge in [-0.15, -0.1) is 0 Å². The van der Waals surface area contributed by atoms with E-state index in [4.69, 9.17) is 5.73 Å². The number of piperidine rings is 1. The summed E-state index contributed by atoms with van der Waals surface area (Å²) in [5.41, 5.74) is 5.76. The molecule has 6 heteroatoms. The van der Waals surface area contributed by atoms with Gasteiger partial charge in [-0.1, -0.05) is 0 Å². The van der Waals surface area contributed by atoms with E-state index >= 15 is 0 Å². The van der Waals surface area contributed by atoms with Crippen LogP contribution in [0.5, 0.6) is 0 Å². The Balaban J connectivity index is 1.92. The predicted octanol–water partition coefficient (Wildman–Crippen LogP) is 0.533. The molecule has 0 aliphatic carbocycles. The first-order valence-electron chi connectivity index (χ1n) is 6.81. The Morgan fingerprint density at radius 1 is 1.45 bits per heavy atom. The molecule has 1 aromatic rings. The van der Waals surface area contributed by atoms with Crippen LogP contribution in [0, 0.1) is 5.92 Å². The van der Waals surface area contributed by atoms with Crippen LogP contribution < -0.4 is 16.0 Å². The maximum atomic E-state index is 11.2. The number of pyridine rings is 1. The molecule has 20 heavy (non-hydrogen) atoms. The van der Waals surface area contributed by atoms with Gasteiger partial charge in [0.05, 0.1) is 0 Å². The second-order valence-electron chi connectivity index (χ2n) is 5.13. The Kier molecular flexibility index (Phi) is 4.55. The van der Waals surface area contributed by atoms with Crippen molar-refractivity contribution in [2.24, 2.45) is 11.7 Å². The number of nitrogens with two attached hydrogens (primary N) is 1. The van der Waals surface area contributed by atoms with Crippen molar-refractivity contribution in [2.45, 2.75) is 19.8 Å². The van der Waals surface area contributed by atoms with Gasteiger partial charge in [0.2, 0.25) is 11.8 Å². The van der Waals surface area contributed by atoms with Gasteiger partial charge in [0, 0.05) is 38.3 Å². The van der Waals surface area contributed by atoms with Gasteiger partial charge in [0.1, 0.15) is 5.82 Å². The summed E-state index contributed by atoms with van der Waals surface area (Å²) in [7, 11) is 0. The smallest absolute Gasteiger partial charge is 0.248 e. The van der Waals surface area contributed by atoms with Gasteiger partial charge >= 0.3 is 0 Å².